The summed E-state index contributed by atoms with van der Waals surface area (Å²) in [5.41, 5.74) is 0. The summed E-state index contributed by atoms with van der Waals surface area (Å²) < 4.78 is 5.89. The zero-order valence-corrected chi connectivity index (χ0v) is 25.8. The lowest BCUT2D eigenvalue weighted by Gasteiger charge is -2.18. The number of carboxylic acids is 1. The maximum Gasteiger partial charge on any atom is 0.306 e. The van der Waals surface area contributed by atoms with Gasteiger partial charge in [0, 0.05) is 12.8 Å². The SMILES string of the molecule is CCCCCCCCCCCCCCCCCC(=O)OC(CCCCCCCCC)CCCCCC(=O)O. The van der Waals surface area contributed by atoms with Crippen LogP contribution < -0.4 is 0 Å². The third kappa shape index (κ3) is 29.5. The van der Waals surface area contributed by atoms with Crippen LogP contribution in [0.15, 0.2) is 0 Å². The molecule has 226 valence electrons. The van der Waals surface area contributed by atoms with Crippen molar-refractivity contribution >= 4 is 11.9 Å². The average molecular weight is 539 g/mol. The molecule has 0 aromatic rings. The molecule has 1 N–H and O–H groups in total. The summed E-state index contributed by atoms with van der Waals surface area (Å²) in [5.74, 6) is -0.752. The molecule has 1 atom stereocenters. The van der Waals surface area contributed by atoms with Gasteiger partial charge in [-0.3, -0.25) is 9.59 Å². The number of carbonyl (C=O) groups excluding carboxylic acids is 1. The second-order valence-corrected chi connectivity index (χ2v) is 11.7. The lowest BCUT2D eigenvalue weighted by atomic mass is 10.0. The molecule has 0 rings (SSSR count). The Morgan fingerprint density at radius 3 is 1.18 bits per heavy atom. The molecule has 0 amide bonds. The van der Waals surface area contributed by atoms with E-state index in [1.807, 2.05) is 0 Å². The fourth-order valence-electron chi connectivity index (χ4n) is 5.30. The third-order valence-electron chi connectivity index (χ3n) is 7.83. The lowest BCUT2D eigenvalue weighted by molar-refractivity contribution is -0.150. The molecule has 0 aliphatic heterocycles. The van der Waals surface area contributed by atoms with Crippen molar-refractivity contribution in [2.24, 2.45) is 0 Å². The van der Waals surface area contributed by atoms with E-state index in [2.05, 4.69) is 13.8 Å². The first-order valence-electron chi connectivity index (χ1n) is 17.0. The number of unbranched alkanes of at least 4 members (excludes halogenated alkanes) is 22. The molecule has 0 saturated heterocycles. The Morgan fingerprint density at radius 2 is 0.789 bits per heavy atom. The number of ether oxygens (including phenoxy) is 1. The van der Waals surface area contributed by atoms with Crippen molar-refractivity contribution in [2.75, 3.05) is 0 Å². The molecule has 4 heteroatoms. The number of aliphatic carboxylic acids is 1. The van der Waals surface area contributed by atoms with E-state index in [1.165, 1.54) is 122 Å². The van der Waals surface area contributed by atoms with E-state index < -0.39 is 5.97 Å². The highest BCUT2D eigenvalue weighted by Gasteiger charge is 2.14. The Bertz CT molecular complexity index is 505. The maximum atomic E-state index is 12.5. The van der Waals surface area contributed by atoms with Gasteiger partial charge in [-0.1, -0.05) is 149 Å². The van der Waals surface area contributed by atoms with Crippen LogP contribution in [-0.2, 0) is 14.3 Å². The van der Waals surface area contributed by atoms with E-state index in [-0.39, 0.29) is 18.5 Å². The fourth-order valence-corrected chi connectivity index (χ4v) is 5.30. The standard InChI is InChI=1S/C34H66O4/c1-3-5-7-9-11-12-13-14-15-16-17-18-20-22-27-31-34(37)38-32(29-25-23-26-30-33(35)36)28-24-21-19-10-8-6-4-2/h32H,3-31H2,1-2H3,(H,35,36). The van der Waals surface area contributed by atoms with Gasteiger partial charge in [0.15, 0.2) is 0 Å². The summed E-state index contributed by atoms with van der Waals surface area (Å²) in [6.45, 7) is 4.52. The van der Waals surface area contributed by atoms with Crippen LogP contribution in [0.1, 0.15) is 200 Å². The summed E-state index contributed by atoms with van der Waals surface area (Å²) >= 11 is 0. The second kappa shape index (κ2) is 30.5. The van der Waals surface area contributed by atoms with Crippen molar-refractivity contribution in [3.05, 3.63) is 0 Å². The molecule has 0 spiro atoms. The van der Waals surface area contributed by atoms with Crippen LogP contribution >= 0.6 is 0 Å². The van der Waals surface area contributed by atoms with Gasteiger partial charge in [0.05, 0.1) is 0 Å². The number of carbonyl (C=O) groups is 2. The van der Waals surface area contributed by atoms with E-state index in [1.54, 1.807) is 0 Å². The number of hydrogen-bond acceptors (Lipinski definition) is 3. The van der Waals surface area contributed by atoms with Gasteiger partial charge in [-0.25, -0.2) is 0 Å². The number of esters is 1. The van der Waals surface area contributed by atoms with Gasteiger partial charge in [0.25, 0.3) is 0 Å². The predicted molar refractivity (Wildman–Crippen MR) is 163 cm³/mol. The molecular weight excluding hydrogens is 472 g/mol. The van der Waals surface area contributed by atoms with Crippen LogP contribution in [0.25, 0.3) is 0 Å². The zero-order chi connectivity index (χ0) is 27.9. The highest BCUT2D eigenvalue weighted by Crippen LogP contribution is 2.18. The number of hydrogen-bond donors (Lipinski definition) is 1. The molecule has 0 aromatic heterocycles. The van der Waals surface area contributed by atoms with Gasteiger partial charge in [-0.2, -0.15) is 0 Å². The van der Waals surface area contributed by atoms with E-state index in [0.29, 0.717) is 12.8 Å². The minimum Gasteiger partial charge on any atom is -0.481 e. The average Bonchev–Trinajstić information content (AvgIpc) is 2.89. The van der Waals surface area contributed by atoms with Gasteiger partial charge in [-0.15, -0.1) is 0 Å². The van der Waals surface area contributed by atoms with E-state index in [0.717, 1.165) is 44.9 Å². The number of carboxylic acid groups (broad SMARTS) is 1. The fraction of sp³-hybridized carbons (Fsp3) is 0.941. The Kier molecular flexibility index (Phi) is 29.6. The van der Waals surface area contributed by atoms with Crippen LogP contribution in [0.3, 0.4) is 0 Å². The minimum atomic E-state index is -0.723. The van der Waals surface area contributed by atoms with Crippen molar-refractivity contribution in [2.45, 2.75) is 206 Å². The molecule has 0 aromatic carbocycles. The van der Waals surface area contributed by atoms with Crippen LogP contribution in [0, 0.1) is 0 Å². The Morgan fingerprint density at radius 1 is 0.474 bits per heavy atom. The first-order chi connectivity index (χ1) is 18.6. The van der Waals surface area contributed by atoms with Gasteiger partial charge >= 0.3 is 11.9 Å². The Hall–Kier alpha value is -1.06. The molecule has 0 bridgehead atoms. The molecule has 0 saturated carbocycles. The first-order valence-corrected chi connectivity index (χ1v) is 17.0. The first kappa shape index (κ1) is 36.9. The lowest BCUT2D eigenvalue weighted by Crippen LogP contribution is -2.18. The topological polar surface area (TPSA) is 63.6 Å². The summed E-state index contributed by atoms with van der Waals surface area (Å²) in [6, 6.07) is 0. The Labute approximate surface area is 237 Å². The minimum absolute atomic E-state index is 0.0133. The van der Waals surface area contributed by atoms with E-state index >= 15 is 0 Å². The maximum absolute atomic E-state index is 12.5. The van der Waals surface area contributed by atoms with Gasteiger partial charge in [-0.05, 0) is 38.5 Å². The van der Waals surface area contributed by atoms with E-state index in [9.17, 15) is 9.59 Å². The highest BCUT2D eigenvalue weighted by molar-refractivity contribution is 5.69. The van der Waals surface area contributed by atoms with Crippen LogP contribution in [0.5, 0.6) is 0 Å². The van der Waals surface area contributed by atoms with Gasteiger partial charge < -0.3 is 9.84 Å². The van der Waals surface area contributed by atoms with Crippen molar-refractivity contribution in [3.8, 4) is 0 Å². The molecule has 0 fully saturated rings. The van der Waals surface area contributed by atoms with Crippen molar-refractivity contribution in [3.63, 3.8) is 0 Å². The molecule has 0 aliphatic rings. The normalized spacial score (nSPS) is 12.1. The van der Waals surface area contributed by atoms with Crippen molar-refractivity contribution in [1.82, 2.24) is 0 Å². The summed E-state index contributed by atoms with van der Waals surface area (Å²) in [5, 5.41) is 8.82. The smallest absolute Gasteiger partial charge is 0.306 e. The van der Waals surface area contributed by atoms with Gasteiger partial charge in [0.1, 0.15) is 6.10 Å². The molecular formula is C34H66O4. The quantitative estimate of drug-likeness (QED) is 0.0704. The second-order valence-electron chi connectivity index (χ2n) is 11.7. The third-order valence-corrected chi connectivity index (χ3v) is 7.83. The molecule has 1 unspecified atom stereocenters. The van der Waals surface area contributed by atoms with Crippen molar-refractivity contribution < 1.29 is 19.4 Å². The molecule has 0 aliphatic carbocycles. The Balaban J connectivity index is 3.83. The highest BCUT2D eigenvalue weighted by atomic mass is 16.5. The largest absolute Gasteiger partial charge is 0.481 e. The monoisotopic (exact) mass is 538 g/mol. The zero-order valence-electron chi connectivity index (χ0n) is 25.8. The van der Waals surface area contributed by atoms with Crippen LogP contribution in [-0.4, -0.2) is 23.1 Å². The van der Waals surface area contributed by atoms with Crippen LogP contribution in [0.2, 0.25) is 0 Å². The predicted octanol–water partition coefficient (Wildman–Crippen LogP) is 11.3. The summed E-state index contributed by atoms with van der Waals surface area (Å²) in [7, 11) is 0. The van der Waals surface area contributed by atoms with Crippen molar-refractivity contribution in [1.29, 1.82) is 0 Å². The number of rotatable bonds is 31. The molecule has 4 nitrogen and oxygen atoms in total. The van der Waals surface area contributed by atoms with Crippen LogP contribution in [0.4, 0.5) is 0 Å². The molecule has 0 radical (unpaired) electrons. The summed E-state index contributed by atoms with van der Waals surface area (Å²) in [6.07, 6.45) is 34.0. The summed E-state index contributed by atoms with van der Waals surface area (Å²) in [4.78, 5) is 23.2. The van der Waals surface area contributed by atoms with Gasteiger partial charge in [0.2, 0.25) is 0 Å². The molecule has 0 heterocycles. The van der Waals surface area contributed by atoms with E-state index in [4.69, 9.17) is 9.84 Å². The molecule has 38 heavy (non-hydrogen) atoms.